The van der Waals surface area contributed by atoms with Crippen molar-refractivity contribution in [2.45, 2.75) is 12.1 Å². The monoisotopic (exact) mass is 327 g/mol. The fraction of sp³-hybridized carbons (Fsp3) is 0.615. The maximum Gasteiger partial charge on any atom is 0.332 e. The van der Waals surface area contributed by atoms with Crippen molar-refractivity contribution < 1.29 is 15.3 Å². The van der Waals surface area contributed by atoms with Crippen LogP contribution in [0.5, 0.6) is 0 Å². The minimum absolute atomic E-state index is 0.0222. The van der Waals surface area contributed by atoms with E-state index in [1.54, 1.807) is 11.6 Å². The topological polar surface area (TPSA) is 135 Å². The van der Waals surface area contributed by atoms with E-state index in [0.717, 1.165) is 4.57 Å². The van der Waals surface area contributed by atoms with Crippen LogP contribution in [-0.2, 0) is 20.6 Å². The van der Waals surface area contributed by atoms with Crippen molar-refractivity contribution in [3.8, 4) is 0 Å². The number of nitrogens with one attached hydrogen (secondary N) is 1. The van der Waals surface area contributed by atoms with Gasteiger partial charge in [0, 0.05) is 27.2 Å². The molecule has 2 rings (SSSR count). The van der Waals surface area contributed by atoms with Gasteiger partial charge in [0.1, 0.15) is 0 Å². The first kappa shape index (κ1) is 17.3. The van der Waals surface area contributed by atoms with E-state index < -0.39 is 36.6 Å². The van der Waals surface area contributed by atoms with Gasteiger partial charge in [-0.3, -0.25) is 13.9 Å². The minimum atomic E-state index is -1.26. The van der Waals surface area contributed by atoms with E-state index in [-0.39, 0.29) is 13.1 Å². The lowest BCUT2D eigenvalue weighted by molar-refractivity contribution is 0.0421. The molecule has 4 N–H and O–H groups in total. The Morgan fingerprint density at radius 1 is 1.17 bits per heavy atom. The van der Waals surface area contributed by atoms with Crippen LogP contribution < -0.4 is 16.6 Å². The quantitative estimate of drug-likeness (QED) is 0.419. The fourth-order valence-corrected chi connectivity index (χ4v) is 2.34. The number of fused-ring (bicyclic) bond motifs is 1. The maximum atomic E-state index is 12.5. The van der Waals surface area contributed by atoms with Gasteiger partial charge in [-0.15, -0.1) is 0 Å². The lowest BCUT2D eigenvalue weighted by Gasteiger charge is -2.28. The third-order valence-corrected chi connectivity index (χ3v) is 3.94. The number of aryl methyl sites for hydroxylation is 2. The zero-order valence-electron chi connectivity index (χ0n) is 13.1. The molecule has 0 atom stereocenters. The average molecular weight is 327 g/mol. The summed E-state index contributed by atoms with van der Waals surface area (Å²) in [6, 6.07) is 0. The Morgan fingerprint density at radius 2 is 1.78 bits per heavy atom. The molecule has 0 bridgehead atoms. The van der Waals surface area contributed by atoms with E-state index in [0.29, 0.717) is 11.2 Å². The Kier molecular flexibility index (Phi) is 5.00. The van der Waals surface area contributed by atoms with Gasteiger partial charge in [-0.25, -0.2) is 9.78 Å². The molecule has 10 heteroatoms. The molecule has 0 aromatic carbocycles. The second-order valence-corrected chi connectivity index (χ2v) is 5.51. The molecule has 10 nitrogen and oxygen atoms in total. The second-order valence-electron chi connectivity index (χ2n) is 5.51. The van der Waals surface area contributed by atoms with E-state index >= 15 is 0 Å². The third kappa shape index (κ3) is 2.93. The van der Waals surface area contributed by atoms with Crippen molar-refractivity contribution in [1.29, 1.82) is 0 Å². The summed E-state index contributed by atoms with van der Waals surface area (Å²) in [5.74, 6) is 0. The summed E-state index contributed by atoms with van der Waals surface area (Å²) in [4.78, 5) is 28.8. The molecule has 0 aliphatic heterocycles. The third-order valence-electron chi connectivity index (χ3n) is 3.94. The zero-order valence-corrected chi connectivity index (χ0v) is 13.1. The summed E-state index contributed by atoms with van der Waals surface area (Å²) < 4.78 is 3.88. The number of aliphatic hydroxyl groups is 3. The van der Waals surface area contributed by atoms with Crippen LogP contribution in [0.3, 0.4) is 0 Å². The predicted octanol–water partition coefficient (Wildman–Crippen LogP) is -3.26. The van der Waals surface area contributed by atoms with Gasteiger partial charge in [0.05, 0.1) is 31.7 Å². The van der Waals surface area contributed by atoms with Gasteiger partial charge >= 0.3 is 5.69 Å². The summed E-state index contributed by atoms with van der Waals surface area (Å²) in [6.45, 7) is -1.30. The molecule has 0 saturated heterocycles. The van der Waals surface area contributed by atoms with Gasteiger partial charge in [0.15, 0.2) is 11.2 Å². The van der Waals surface area contributed by atoms with Gasteiger partial charge in [-0.1, -0.05) is 0 Å². The Balaban J connectivity index is 2.33. The van der Waals surface area contributed by atoms with E-state index in [1.165, 1.54) is 17.9 Å². The van der Waals surface area contributed by atoms with Crippen LogP contribution in [-0.4, -0.2) is 65.9 Å². The van der Waals surface area contributed by atoms with Crippen molar-refractivity contribution >= 4 is 11.2 Å². The molecule has 0 aliphatic rings. The van der Waals surface area contributed by atoms with Crippen LogP contribution in [0, 0.1) is 0 Å². The summed E-state index contributed by atoms with van der Waals surface area (Å²) in [7, 11) is 3.19. The molecular weight excluding hydrogens is 306 g/mol. The first-order valence-corrected chi connectivity index (χ1v) is 7.09. The number of hydrogen-bond donors (Lipinski definition) is 4. The molecule has 0 amide bonds. The lowest BCUT2D eigenvalue weighted by Crippen LogP contribution is -2.56. The molecule has 0 saturated carbocycles. The summed E-state index contributed by atoms with van der Waals surface area (Å²) in [6.07, 6.45) is 1.46. The molecule has 23 heavy (non-hydrogen) atoms. The van der Waals surface area contributed by atoms with Crippen LogP contribution >= 0.6 is 0 Å². The van der Waals surface area contributed by atoms with E-state index in [1.807, 2.05) is 0 Å². The first-order chi connectivity index (χ1) is 10.9. The maximum absolute atomic E-state index is 12.5. The molecule has 0 aliphatic carbocycles. The van der Waals surface area contributed by atoms with Crippen molar-refractivity contribution in [1.82, 2.24) is 24.0 Å². The second kappa shape index (κ2) is 6.62. The number of aliphatic hydroxyl groups excluding tert-OH is 3. The first-order valence-electron chi connectivity index (χ1n) is 7.09. The standard InChI is InChI=1S/C13H21N5O5/c1-16-8-14-10-9(16)11(22)18(12(23)17(10)2)4-3-15-13(5-19,6-20)7-21/h8,15,19-21H,3-7H2,1-2H3. The highest BCUT2D eigenvalue weighted by atomic mass is 16.3. The lowest BCUT2D eigenvalue weighted by atomic mass is 10.0. The Bertz CT molecular complexity index is 793. The van der Waals surface area contributed by atoms with Gasteiger partial charge in [-0.05, 0) is 0 Å². The van der Waals surface area contributed by atoms with Crippen LogP contribution in [0.25, 0.3) is 11.2 Å². The average Bonchev–Trinajstić information content (AvgIpc) is 2.95. The smallest absolute Gasteiger partial charge is 0.332 e. The van der Waals surface area contributed by atoms with Crippen molar-refractivity contribution in [3.63, 3.8) is 0 Å². The normalized spacial score (nSPS) is 12.2. The van der Waals surface area contributed by atoms with Crippen LogP contribution in [0.4, 0.5) is 0 Å². The van der Waals surface area contributed by atoms with Crippen LogP contribution in [0.1, 0.15) is 0 Å². The summed E-state index contributed by atoms with van der Waals surface area (Å²) >= 11 is 0. The molecule has 0 spiro atoms. The van der Waals surface area contributed by atoms with E-state index in [2.05, 4.69) is 10.3 Å². The molecule has 2 aromatic rings. The number of aromatic nitrogens is 4. The molecule has 2 heterocycles. The summed E-state index contributed by atoms with van der Waals surface area (Å²) in [5, 5.41) is 30.5. The van der Waals surface area contributed by atoms with Gasteiger partial charge < -0.3 is 25.2 Å². The molecule has 128 valence electrons. The highest BCUT2D eigenvalue weighted by Gasteiger charge is 2.27. The zero-order chi connectivity index (χ0) is 17.2. The number of nitrogens with zero attached hydrogens (tertiary/aromatic N) is 4. The van der Waals surface area contributed by atoms with Crippen molar-refractivity contribution in [2.24, 2.45) is 14.1 Å². The van der Waals surface area contributed by atoms with E-state index in [9.17, 15) is 24.9 Å². The van der Waals surface area contributed by atoms with Crippen LogP contribution in [0.2, 0.25) is 0 Å². The molecule has 2 aromatic heterocycles. The van der Waals surface area contributed by atoms with Crippen molar-refractivity contribution in [2.75, 3.05) is 26.4 Å². The number of hydrogen-bond acceptors (Lipinski definition) is 7. The fourth-order valence-electron chi connectivity index (χ4n) is 2.34. The molecule has 0 radical (unpaired) electrons. The summed E-state index contributed by atoms with van der Waals surface area (Å²) in [5.41, 5.74) is -1.61. The molecule has 0 unspecified atom stereocenters. The van der Waals surface area contributed by atoms with Gasteiger partial charge in [-0.2, -0.15) is 0 Å². The highest BCUT2D eigenvalue weighted by Crippen LogP contribution is 2.03. The number of imidazole rings is 1. The van der Waals surface area contributed by atoms with E-state index in [4.69, 9.17) is 0 Å². The minimum Gasteiger partial charge on any atom is -0.394 e. The van der Waals surface area contributed by atoms with Gasteiger partial charge in [0.25, 0.3) is 5.56 Å². The molecule has 0 fully saturated rings. The Morgan fingerprint density at radius 3 is 2.35 bits per heavy atom. The Labute approximate surface area is 131 Å². The SMILES string of the molecule is Cn1cnc2c1c(=O)n(CCNC(CO)(CO)CO)c(=O)n2C. The van der Waals surface area contributed by atoms with Crippen LogP contribution in [0.15, 0.2) is 15.9 Å². The Hall–Kier alpha value is -2.01. The predicted molar refractivity (Wildman–Crippen MR) is 82.2 cm³/mol. The van der Waals surface area contributed by atoms with Crippen molar-refractivity contribution in [3.05, 3.63) is 27.2 Å². The largest absolute Gasteiger partial charge is 0.394 e. The highest BCUT2D eigenvalue weighted by molar-refractivity contribution is 5.69. The number of rotatable bonds is 7. The molecular formula is C13H21N5O5. The van der Waals surface area contributed by atoms with Gasteiger partial charge in [0.2, 0.25) is 0 Å².